The number of hydrogen-bond acceptors (Lipinski definition) is 2. The molecule has 0 radical (unpaired) electrons. The summed E-state index contributed by atoms with van der Waals surface area (Å²) in [4.78, 5) is 2.38. The lowest BCUT2D eigenvalue weighted by molar-refractivity contribution is 0.672. The first-order chi connectivity index (χ1) is 29.3. The van der Waals surface area contributed by atoms with Gasteiger partial charge in [0.1, 0.15) is 11.2 Å². The van der Waals surface area contributed by atoms with E-state index in [0.29, 0.717) is 0 Å². The predicted octanol–water partition coefficient (Wildman–Crippen LogP) is 15.8. The number of anilines is 3. The van der Waals surface area contributed by atoms with Crippen molar-refractivity contribution in [2.24, 2.45) is 0 Å². The molecule has 3 heteroatoms. The largest absolute Gasteiger partial charge is 0.455 e. The van der Waals surface area contributed by atoms with E-state index >= 15 is 0 Å². The Labute approximate surface area is 341 Å². The molecule has 0 aliphatic heterocycles. The maximum absolute atomic E-state index is 6.70. The molecule has 2 aromatic heterocycles. The van der Waals surface area contributed by atoms with Crippen molar-refractivity contribution in [3.8, 4) is 27.9 Å². The molecule has 0 amide bonds. The zero-order valence-electron chi connectivity index (χ0n) is 32.1. The number of furan rings is 1. The molecule has 0 fully saturated rings. The van der Waals surface area contributed by atoms with E-state index in [0.717, 1.165) is 50.1 Å². The Morgan fingerprint density at radius 2 is 1.00 bits per heavy atom. The number of benzene rings is 10. The van der Waals surface area contributed by atoms with E-state index in [1.165, 1.54) is 60.2 Å². The summed E-state index contributed by atoms with van der Waals surface area (Å²) in [5.41, 5.74) is 13.3. The van der Waals surface area contributed by atoms with E-state index in [1.54, 1.807) is 0 Å². The molecule has 12 aromatic rings. The number of hydrogen-bond donors (Lipinski definition) is 0. The topological polar surface area (TPSA) is 21.3 Å². The number of para-hydroxylation sites is 2. The third kappa shape index (κ3) is 5.36. The normalized spacial score (nSPS) is 11.7. The molecule has 0 saturated carbocycles. The van der Waals surface area contributed by atoms with Crippen LogP contribution in [0.2, 0.25) is 0 Å². The van der Waals surface area contributed by atoms with Crippen molar-refractivity contribution in [2.75, 3.05) is 4.90 Å². The monoisotopic (exact) mass is 752 g/mol. The van der Waals surface area contributed by atoms with E-state index in [1.807, 2.05) is 0 Å². The van der Waals surface area contributed by atoms with Crippen LogP contribution in [0.3, 0.4) is 0 Å². The molecule has 0 N–H and O–H groups in total. The number of nitrogens with zero attached hydrogens (tertiary/aromatic N) is 2. The average molecular weight is 753 g/mol. The highest BCUT2D eigenvalue weighted by Gasteiger charge is 2.21. The molecule has 0 atom stereocenters. The van der Waals surface area contributed by atoms with Gasteiger partial charge in [-0.25, -0.2) is 0 Å². The molecule has 0 aliphatic carbocycles. The molecule has 0 bridgehead atoms. The number of fused-ring (bicyclic) bond motifs is 9. The van der Waals surface area contributed by atoms with Crippen LogP contribution < -0.4 is 4.90 Å². The van der Waals surface area contributed by atoms with Crippen LogP contribution in [0.5, 0.6) is 0 Å². The second-order valence-electron chi connectivity index (χ2n) is 15.3. The summed E-state index contributed by atoms with van der Waals surface area (Å²) in [5.74, 6) is 0. The van der Waals surface area contributed by atoms with E-state index in [-0.39, 0.29) is 0 Å². The lowest BCUT2D eigenvalue weighted by Crippen LogP contribution is -2.10. The Kier molecular flexibility index (Phi) is 7.54. The molecule has 276 valence electrons. The summed E-state index contributed by atoms with van der Waals surface area (Å²) in [6.07, 6.45) is 0. The first kappa shape index (κ1) is 33.3. The van der Waals surface area contributed by atoms with Crippen LogP contribution >= 0.6 is 0 Å². The Morgan fingerprint density at radius 3 is 1.81 bits per heavy atom. The quantitative estimate of drug-likeness (QED) is 0.169. The van der Waals surface area contributed by atoms with E-state index in [9.17, 15) is 0 Å². The average Bonchev–Trinajstić information content (AvgIpc) is 3.87. The first-order valence-corrected chi connectivity index (χ1v) is 20.2. The molecule has 0 unspecified atom stereocenters. The summed E-state index contributed by atoms with van der Waals surface area (Å²) in [6, 6.07) is 78.7. The summed E-state index contributed by atoms with van der Waals surface area (Å²) >= 11 is 0. The fourth-order valence-electron chi connectivity index (χ4n) is 9.23. The lowest BCUT2D eigenvalue weighted by Gasteiger charge is -2.26. The van der Waals surface area contributed by atoms with Gasteiger partial charge in [0.15, 0.2) is 0 Å². The van der Waals surface area contributed by atoms with Gasteiger partial charge in [-0.15, -0.1) is 0 Å². The Bertz CT molecular complexity index is 3540. The maximum Gasteiger partial charge on any atom is 0.143 e. The molecule has 0 aliphatic rings. The van der Waals surface area contributed by atoms with Crippen LogP contribution in [0.15, 0.2) is 223 Å². The Morgan fingerprint density at radius 1 is 0.373 bits per heavy atom. The predicted molar refractivity (Wildman–Crippen MR) is 249 cm³/mol. The van der Waals surface area contributed by atoms with Gasteiger partial charge in [0.2, 0.25) is 0 Å². The van der Waals surface area contributed by atoms with Gasteiger partial charge >= 0.3 is 0 Å². The molecule has 0 saturated heterocycles. The zero-order valence-corrected chi connectivity index (χ0v) is 32.1. The molecular formula is C56H36N2O. The minimum absolute atomic E-state index is 0.866. The van der Waals surface area contributed by atoms with Crippen LogP contribution in [0.4, 0.5) is 17.1 Å². The third-order valence-corrected chi connectivity index (χ3v) is 12.0. The van der Waals surface area contributed by atoms with Crippen LogP contribution in [0.1, 0.15) is 0 Å². The van der Waals surface area contributed by atoms with Crippen molar-refractivity contribution in [1.29, 1.82) is 0 Å². The van der Waals surface area contributed by atoms with E-state index in [4.69, 9.17) is 4.42 Å². The van der Waals surface area contributed by atoms with Crippen molar-refractivity contribution in [3.63, 3.8) is 0 Å². The molecule has 10 aromatic carbocycles. The maximum atomic E-state index is 6.70. The fraction of sp³-hybridized carbons (Fsp3) is 0. The highest BCUT2D eigenvalue weighted by Crippen LogP contribution is 2.46. The minimum Gasteiger partial charge on any atom is -0.455 e. The molecule has 2 heterocycles. The Balaban J connectivity index is 1.03. The smallest absolute Gasteiger partial charge is 0.143 e. The minimum atomic E-state index is 0.866. The second kappa shape index (κ2) is 13.4. The van der Waals surface area contributed by atoms with Gasteiger partial charge in [0.25, 0.3) is 0 Å². The molecule has 3 nitrogen and oxygen atoms in total. The van der Waals surface area contributed by atoms with E-state index in [2.05, 4.69) is 228 Å². The van der Waals surface area contributed by atoms with Gasteiger partial charge in [0.05, 0.1) is 22.1 Å². The summed E-state index contributed by atoms with van der Waals surface area (Å²) in [5, 5.41) is 9.45. The van der Waals surface area contributed by atoms with Crippen LogP contribution in [-0.4, -0.2) is 4.57 Å². The van der Waals surface area contributed by atoms with Gasteiger partial charge in [-0.05, 0) is 111 Å². The SMILES string of the molecule is c1ccc(-n2c3ccccc3c3c(-c4ccc(N(c5ccc(-c6ccc7ccccc7c6)cc5)c5cccc6oc7c8ccccc8ccc7c56)cc4)cccc32)cc1. The van der Waals surface area contributed by atoms with Gasteiger partial charge in [-0.1, -0.05) is 146 Å². The molecular weight excluding hydrogens is 717 g/mol. The highest BCUT2D eigenvalue weighted by molar-refractivity contribution is 6.20. The van der Waals surface area contributed by atoms with Crippen molar-refractivity contribution < 1.29 is 4.42 Å². The van der Waals surface area contributed by atoms with E-state index < -0.39 is 0 Å². The standard InChI is InChI=1S/C56H36N2O/c1-2-15-43(16-3-1)58-50-20-9-8-18-48(50)54-46(19-10-21-51(54)58)40-28-33-45(34-29-40)57(44-31-26-38(27-32-44)42-25-24-37-12-4-5-14-41(37)36-42)52-22-11-23-53-55(52)49-35-30-39-13-6-7-17-47(39)56(49)59-53/h1-36H. The number of rotatable bonds is 6. The summed E-state index contributed by atoms with van der Waals surface area (Å²) < 4.78 is 9.08. The van der Waals surface area contributed by atoms with Crippen LogP contribution in [0.25, 0.3) is 93.2 Å². The van der Waals surface area contributed by atoms with Crippen LogP contribution in [-0.2, 0) is 0 Å². The second-order valence-corrected chi connectivity index (χ2v) is 15.3. The highest BCUT2D eigenvalue weighted by atomic mass is 16.3. The fourth-order valence-corrected chi connectivity index (χ4v) is 9.23. The van der Waals surface area contributed by atoms with Gasteiger partial charge in [0, 0.05) is 38.6 Å². The zero-order chi connectivity index (χ0) is 38.9. The third-order valence-electron chi connectivity index (χ3n) is 12.0. The van der Waals surface area contributed by atoms with Crippen molar-refractivity contribution in [1.82, 2.24) is 4.57 Å². The summed E-state index contributed by atoms with van der Waals surface area (Å²) in [7, 11) is 0. The van der Waals surface area contributed by atoms with Gasteiger partial charge in [-0.3, -0.25) is 0 Å². The van der Waals surface area contributed by atoms with Crippen molar-refractivity contribution in [2.45, 2.75) is 0 Å². The van der Waals surface area contributed by atoms with Gasteiger partial charge < -0.3 is 13.9 Å². The van der Waals surface area contributed by atoms with Crippen LogP contribution in [0, 0.1) is 0 Å². The van der Waals surface area contributed by atoms with Crippen molar-refractivity contribution >= 4 is 82.4 Å². The lowest BCUT2D eigenvalue weighted by atomic mass is 9.98. The number of aromatic nitrogens is 1. The van der Waals surface area contributed by atoms with Gasteiger partial charge in [-0.2, -0.15) is 0 Å². The molecule has 12 rings (SSSR count). The Hall–Kier alpha value is -7.88. The molecule has 0 spiro atoms. The molecule has 59 heavy (non-hydrogen) atoms. The van der Waals surface area contributed by atoms with Crippen molar-refractivity contribution in [3.05, 3.63) is 218 Å². The first-order valence-electron chi connectivity index (χ1n) is 20.2. The summed E-state index contributed by atoms with van der Waals surface area (Å²) in [6.45, 7) is 0.